The number of imide groups is 1. The Morgan fingerprint density at radius 3 is 2.37 bits per heavy atom. The van der Waals surface area contributed by atoms with Gasteiger partial charge in [-0.2, -0.15) is 0 Å². The Kier molecular flexibility index (Phi) is 7.45. The van der Waals surface area contributed by atoms with Crippen molar-refractivity contribution < 1.29 is 24.0 Å². The number of benzene rings is 2. The number of anilines is 1. The highest BCUT2D eigenvalue weighted by Crippen LogP contribution is 2.29. The molecule has 2 aromatic carbocycles. The lowest BCUT2D eigenvalue weighted by Gasteiger charge is -2.18. The van der Waals surface area contributed by atoms with E-state index >= 15 is 0 Å². The van der Waals surface area contributed by atoms with Crippen molar-refractivity contribution in [2.45, 2.75) is 13.0 Å². The molecule has 0 aliphatic heterocycles. The second-order valence-electron chi connectivity index (χ2n) is 6.40. The first-order valence-electron chi connectivity index (χ1n) is 9.05. The summed E-state index contributed by atoms with van der Waals surface area (Å²) in [4.78, 5) is 49.2. The highest BCUT2D eigenvalue weighted by atomic mass is 16.6. The Morgan fingerprint density at radius 2 is 1.80 bits per heavy atom. The van der Waals surface area contributed by atoms with E-state index in [0.29, 0.717) is 17.8 Å². The van der Waals surface area contributed by atoms with Crippen LogP contribution in [0.1, 0.15) is 28.9 Å². The Balaban J connectivity index is 2.32. The summed E-state index contributed by atoms with van der Waals surface area (Å²) in [5.41, 5.74) is 0.272. The normalized spacial score (nSPS) is 11.2. The number of rotatable bonds is 7. The molecule has 0 spiro atoms. The molecular weight excluding hydrogens is 392 g/mol. The monoisotopic (exact) mass is 414 g/mol. The van der Waals surface area contributed by atoms with Crippen LogP contribution in [0.2, 0.25) is 0 Å². The number of urea groups is 1. The number of nitro benzene ring substituents is 1. The zero-order valence-electron chi connectivity index (χ0n) is 16.7. The second-order valence-corrected chi connectivity index (χ2v) is 6.40. The molecule has 158 valence electrons. The molecule has 0 radical (unpaired) electrons. The third-order valence-corrected chi connectivity index (χ3v) is 4.03. The van der Waals surface area contributed by atoms with Crippen LogP contribution in [0.5, 0.6) is 0 Å². The number of carbonyl (C=O) groups is 3. The Morgan fingerprint density at radius 1 is 1.13 bits per heavy atom. The van der Waals surface area contributed by atoms with Gasteiger partial charge in [0.1, 0.15) is 5.69 Å². The average Bonchev–Trinajstić information content (AvgIpc) is 2.71. The summed E-state index contributed by atoms with van der Waals surface area (Å²) in [6.07, 6.45) is -1.42. The van der Waals surface area contributed by atoms with Gasteiger partial charge in [-0.15, -0.1) is 0 Å². The minimum Gasteiger partial charge on any atom is -0.444 e. The van der Waals surface area contributed by atoms with Gasteiger partial charge in [-0.05, 0) is 19.1 Å². The molecule has 0 unspecified atom stereocenters. The van der Waals surface area contributed by atoms with E-state index in [9.17, 15) is 24.5 Å². The SMILES string of the molecule is CCNC(=O)NC(=O)[C@@H](OC(=O)c1ccc(N(C)C)c([N+](=O)[O-])c1)c1ccccc1. The molecule has 10 heteroatoms. The van der Waals surface area contributed by atoms with Crippen molar-refractivity contribution in [2.75, 3.05) is 25.5 Å². The quantitative estimate of drug-likeness (QED) is 0.404. The zero-order chi connectivity index (χ0) is 22.3. The smallest absolute Gasteiger partial charge is 0.339 e. The number of carbonyl (C=O) groups excluding carboxylic acids is 3. The molecule has 1 atom stereocenters. The van der Waals surface area contributed by atoms with Crippen LogP contribution in [-0.2, 0) is 9.53 Å². The van der Waals surface area contributed by atoms with E-state index in [-0.39, 0.29) is 11.3 Å². The van der Waals surface area contributed by atoms with Gasteiger partial charge in [0.15, 0.2) is 0 Å². The van der Waals surface area contributed by atoms with Crippen LogP contribution in [0, 0.1) is 10.1 Å². The number of ether oxygens (including phenoxy) is 1. The molecule has 0 fully saturated rings. The number of amides is 3. The number of nitrogens with zero attached hydrogens (tertiary/aromatic N) is 2. The topological polar surface area (TPSA) is 131 Å². The minimum absolute atomic E-state index is 0.0981. The molecule has 0 aliphatic carbocycles. The molecule has 30 heavy (non-hydrogen) atoms. The van der Waals surface area contributed by atoms with E-state index in [2.05, 4.69) is 10.6 Å². The molecule has 0 aliphatic rings. The lowest BCUT2D eigenvalue weighted by Crippen LogP contribution is -2.42. The lowest BCUT2D eigenvalue weighted by molar-refractivity contribution is -0.384. The first-order valence-corrected chi connectivity index (χ1v) is 9.05. The second kappa shape index (κ2) is 10.0. The molecule has 2 aromatic rings. The maximum absolute atomic E-state index is 12.7. The summed E-state index contributed by atoms with van der Waals surface area (Å²) >= 11 is 0. The Labute approximate surface area is 173 Å². The highest BCUT2D eigenvalue weighted by molar-refractivity contribution is 5.99. The zero-order valence-corrected chi connectivity index (χ0v) is 16.7. The summed E-state index contributed by atoms with van der Waals surface area (Å²) in [5, 5.41) is 15.9. The summed E-state index contributed by atoms with van der Waals surface area (Å²) in [6.45, 7) is 1.99. The molecule has 0 saturated heterocycles. The van der Waals surface area contributed by atoms with Crippen molar-refractivity contribution in [2.24, 2.45) is 0 Å². The maximum atomic E-state index is 12.7. The summed E-state index contributed by atoms with van der Waals surface area (Å²) in [5.74, 6) is -1.79. The van der Waals surface area contributed by atoms with Crippen LogP contribution in [0.4, 0.5) is 16.2 Å². The molecule has 10 nitrogen and oxygen atoms in total. The standard InChI is InChI=1S/C20H22N4O6/c1-4-21-20(27)22-18(25)17(13-8-6-5-7-9-13)30-19(26)14-10-11-15(23(2)3)16(12-14)24(28)29/h5-12,17H,4H2,1-3H3,(H2,21,22,25,27)/t17-/m0/s1. The van der Waals surface area contributed by atoms with E-state index in [1.54, 1.807) is 56.3 Å². The predicted octanol–water partition coefficient (Wildman–Crippen LogP) is 2.40. The van der Waals surface area contributed by atoms with Gasteiger partial charge >= 0.3 is 12.0 Å². The molecule has 2 rings (SSSR count). The molecule has 0 heterocycles. The van der Waals surface area contributed by atoms with Gasteiger partial charge in [-0.3, -0.25) is 20.2 Å². The van der Waals surface area contributed by atoms with Crippen LogP contribution >= 0.6 is 0 Å². The summed E-state index contributed by atoms with van der Waals surface area (Å²) < 4.78 is 5.33. The van der Waals surface area contributed by atoms with Crippen LogP contribution in [0.15, 0.2) is 48.5 Å². The van der Waals surface area contributed by atoms with E-state index in [1.165, 1.54) is 12.1 Å². The van der Waals surface area contributed by atoms with Crippen LogP contribution < -0.4 is 15.5 Å². The average molecular weight is 414 g/mol. The van der Waals surface area contributed by atoms with Gasteiger partial charge in [0.25, 0.3) is 11.6 Å². The molecule has 0 aromatic heterocycles. The molecule has 0 bridgehead atoms. The Bertz CT molecular complexity index is 946. The third-order valence-electron chi connectivity index (χ3n) is 4.03. The fourth-order valence-corrected chi connectivity index (χ4v) is 2.63. The van der Waals surface area contributed by atoms with Crippen LogP contribution in [0.25, 0.3) is 0 Å². The maximum Gasteiger partial charge on any atom is 0.339 e. The number of nitro groups is 1. The van der Waals surface area contributed by atoms with Crippen LogP contribution in [0.3, 0.4) is 0 Å². The van der Waals surface area contributed by atoms with Crippen molar-refractivity contribution >= 4 is 29.3 Å². The first-order chi connectivity index (χ1) is 14.2. The summed E-state index contributed by atoms with van der Waals surface area (Å²) in [6, 6.07) is 11.3. The first kappa shape index (κ1) is 22.3. The van der Waals surface area contributed by atoms with Gasteiger partial charge in [-0.1, -0.05) is 30.3 Å². The van der Waals surface area contributed by atoms with Crippen molar-refractivity contribution in [3.05, 3.63) is 69.8 Å². The summed E-state index contributed by atoms with van der Waals surface area (Å²) in [7, 11) is 3.27. The molecule has 2 N–H and O–H groups in total. The van der Waals surface area contributed by atoms with Crippen molar-refractivity contribution in [3.8, 4) is 0 Å². The third kappa shape index (κ3) is 5.53. The number of nitrogens with one attached hydrogen (secondary N) is 2. The number of esters is 1. The molecule has 3 amide bonds. The number of hydrogen-bond donors (Lipinski definition) is 2. The van der Waals surface area contributed by atoms with Gasteiger partial charge in [-0.25, -0.2) is 9.59 Å². The van der Waals surface area contributed by atoms with E-state index in [0.717, 1.165) is 6.07 Å². The molecule has 0 saturated carbocycles. The Hall–Kier alpha value is -3.95. The fraction of sp³-hybridized carbons (Fsp3) is 0.250. The van der Waals surface area contributed by atoms with Gasteiger partial charge < -0.3 is 15.0 Å². The molecular formula is C20H22N4O6. The van der Waals surface area contributed by atoms with Gasteiger partial charge in [0.2, 0.25) is 6.10 Å². The minimum atomic E-state index is -1.42. The van der Waals surface area contributed by atoms with Crippen LogP contribution in [-0.4, -0.2) is 43.5 Å². The lowest BCUT2D eigenvalue weighted by atomic mass is 10.1. The van der Waals surface area contributed by atoms with Crippen molar-refractivity contribution in [1.29, 1.82) is 0 Å². The van der Waals surface area contributed by atoms with Gasteiger partial charge in [0.05, 0.1) is 10.5 Å². The van der Waals surface area contributed by atoms with Crippen molar-refractivity contribution in [1.82, 2.24) is 10.6 Å². The van der Waals surface area contributed by atoms with Gasteiger partial charge in [0, 0.05) is 32.3 Å². The predicted molar refractivity (Wildman–Crippen MR) is 109 cm³/mol. The number of hydrogen-bond acceptors (Lipinski definition) is 7. The fourth-order valence-electron chi connectivity index (χ4n) is 2.63. The largest absolute Gasteiger partial charge is 0.444 e. The highest BCUT2D eigenvalue weighted by Gasteiger charge is 2.28. The van der Waals surface area contributed by atoms with E-state index in [1.807, 2.05) is 0 Å². The van der Waals surface area contributed by atoms with Crippen molar-refractivity contribution in [3.63, 3.8) is 0 Å². The van der Waals surface area contributed by atoms with E-state index in [4.69, 9.17) is 4.74 Å². The van der Waals surface area contributed by atoms with E-state index < -0.39 is 28.9 Å².